The minimum atomic E-state index is -3.45. The molecule has 1 N–H and O–H groups in total. The Morgan fingerprint density at radius 1 is 1.07 bits per heavy atom. The second kappa shape index (κ2) is 8.81. The highest BCUT2D eigenvalue weighted by molar-refractivity contribution is 7.91. The number of halogens is 1. The molecular weight excluding hydrogens is 402 g/mol. The van der Waals surface area contributed by atoms with E-state index >= 15 is 0 Å². The Kier molecular flexibility index (Phi) is 6.23. The molecule has 0 aliphatic heterocycles. The lowest BCUT2D eigenvalue weighted by Crippen LogP contribution is -2.09. The molecule has 0 fully saturated rings. The van der Waals surface area contributed by atoms with Crippen LogP contribution in [0.4, 0.5) is 6.01 Å². The fourth-order valence-corrected chi connectivity index (χ4v) is 3.74. The highest BCUT2D eigenvalue weighted by Gasteiger charge is 2.16. The van der Waals surface area contributed by atoms with Gasteiger partial charge in [0.05, 0.1) is 10.6 Å². The first-order valence-corrected chi connectivity index (χ1v) is 10.3. The molecule has 0 saturated heterocycles. The molecular formula is C19H16ClN3O4S. The number of benzene rings is 2. The molecule has 9 heteroatoms. The second-order valence-corrected chi connectivity index (χ2v) is 8.24. The Hall–Kier alpha value is -2.97. The average molecular weight is 418 g/mol. The van der Waals surface area contributed by atoms with E-state index in [9.17, 15) is 13.2 Å². The molecule has 144 valence electrons. The predicted octanol–water partition coefficient (Wildman–Crippen LogP) is 3.39. The maximum Gasteiger partial charge on any atom is 0.322 e. The van der Waals surface area contributed by atoms with E-state index < -0.39 is 15.7 Å². The number of nitrogens with one attached hydrogen (secondary N) is 1. The van der Waals surface area contributed by atoms with Gasteiger partial charge in [-0.25, -0.2) is 8.42 Å². The Morgan fingerprint density at radius 3 is 2.54 bits per heavy atom. The van der Waals surface area contributed by atoms with Gasteiger partial charge in [0.15, 0.2) is 9.84 Å². The Bertz CT molecular complexity index is 1100. The summed E-state index contributed by atoms with van der Waals surface area (Å²) in [6.07, 6.45) is 2.88. The molecule has 28 heavy (non-hydrogen) atoms. The molecule has 1 amide bonds. The van der Waals surface area contributed by atoms with Crippen LogP contribution in [-0.2, 0) is 21.1 Å². The molecule has 2 aromatic carbocycles. The number of hydrogen-bond donors (Lipinski definition) is 1. The van der Waals surface area contributed by atoms with Crippen molar-refractivity contribution >= 4 is 39.4 Å². The number of rotatable bonds is 7. The van der Waals surface area contributed by atoms with E-state index in [4.69, 9.17) is 16.0 Å². The number of aromatic nitrogens is 2. The van der Waals surface area contributed by atoms with Crippen molar-refractivity contribution in [3.05, 3.63) is 77.2 Å². The molecule has 0 atom stereocenters. The highest BCUT2D eigenvalue weighted by atomic mass is 35.5. The fraction of sp³-hybridized carbons (Fsp3) is 0.105. The van der Waals surface area contributed by atoms with Gasteiger partial charge in [-0.15, -0.1) is 5.10 Å². The molecule has 7 nitrogen and oxygen atoms in total. The molecule has 0 aliphatic rings. The summed E-state index contributed by atoms with van der Waals surface area (Å²) in [5, 5.41) is 10.4. The zero-order valence-electron chi connectivity index (χ0n) is 14.6. The molecule has 0 spiro atoms. The summed E-state index contributed by atoms with van der Waals surface area (Å²) in [5.41, 5.74) is 0.691. The van der Waals surface area contributed by atoms with Gasteiger partial charge in [0.1, 0.15) is 0 Å². The van der Waals surface area contributed by atoms with E-state index in [2.05, 4.69) is 15.5 Å². The van der Waals surface area contributed by atoms with E-state index in [1.54, 1.807) is 48.5 Å². The van der Waals surface area contributed by atoms with E-state index in [1.807, 2.05) is 0 Å². The van der Waals surface area contributed by atoms with Crippen LogP contribution >= 0.6 is 11.6 Å². The third kappa shape index (κ3) is 5.28. The molecule has 0 radical (unpaired) electrons. The predicted molar refractivity (Wildman–Crippen MR) is 106 cm³/mol. The maximum absolute atomic E-state index is 12.3. The molecule has 0 bridgehead atoms. The highest BCUT2D eigenvalue weighted by Crippen LogP contribution is 2.16. The smallest absolute Gasteiger partial charge is 0.322 e. The summed E-state index contributed by atoms with van der Waals surface area (Å²) in [4.78, 5) is 12.2. The van der Waals surface area contributed by atoms with E-state index in [-0.39, 0.29) is 29.0 Å². The average Bonchev–Trinajstić information content (AvgIpc) is 3.14. The molecule has 1 heterocycles. The zero-order valence-corrected chi connectivity index (χ0v) is 16.2. The number of nitrogens with zero attached hydrogens (tertiary/aromatic N) is 2. The number of aryl methyl sites for hydroxylation is 1. The Balaban J connectivity index is 1.57. The van der Waals surface area contributed by atoms with E-state index in [0.29, 0.717) is 10.6 Å². The second-order valence-electron chi connectivity index (χ2n) is 5.73. The maximum atomic E-state index is 12.3. The molecule has 1 aromatic heterocycles. The quantitative estimate of drug-likeness (QED) is 0.591. The van der Waals surface area contributed by atoms with Crippen molar-refractivity contribution in [1.29, 1.82) is 0 Å². The normalized spacial score (nSPS) is 11.6. The van der Waals surface area contributed by atoms with Crippen LogP contribution < -0.4 is 5.32 Å². The minimum Gasteiger partial charge on any atom is -0.408 e. The minimum absolute atomic E-state index is 0.0373. The fourth-order valence-electron chi connectivity index (χ4n) is 2.30. The number of amides is 1. The van der Waals surface area contributed by atoms with Crippen LogP contribution in [0, 0.1) is 0 Å². The van der Waals surface area contributed by atoms with Gasteiger partial charge < -0.3 is 4.42 Å². The first-order chi connectivity index (χ1) is 13.4. The van der Waals surface area contributed by atoms with Gasteiger partial charge in [-0.05, 0) is 29.8 Å². The monoisotopic (exact) mass is 417 g/mol. The van der Waals surface area contributed by atoms with Crippen molar-refractivity contribution in [3.8, 4) is 0 Å². The largest absolute Gasteiger partial charge is 0.408 e. The SMILES string of the molecule is O=C(C=Cc1ccccc1Cl)Nc1nnc(CCS(=O)(=O)c2ccccc2)o1. The van der Waals surface area contributed by atoms with Crippen molar-refractivity contribution in [1.82, 2.24) is 10.2 Å². The summed E-state index contributed by atoms with van der Waals surface area (Å²) in [5.74, 6) is -0.546. The number of anilines is 1. The van der Waals surface area contributed by atoms with Crippen molar-refractivity contribution in [2.75, 3.05) is 11.1 Å². The molecule has 0 saturated carbocycles. The summed E-state index contributed by atoms with van der Waals surface area (Å²) in [6.45, 7) is 0. The Labute approximate surface area is 167 Å². The van der Waals surface area contributed by atoms with Crippen LogP contribution in [0.1, 0.15) is 11.5 Å². The molecule has 3 rings (SSSR count). The van der Waals surface area contributed by atoms with Gasteiger partial charge in [0, 0.05) is 17.5 Å². The summed E-state index contributed by atoms with van der Waals surface area (Å²) in [6, 6.07) is 15.1. The van der Waals surface area contributed by atoms with Gasteiger partial charge >= 0.3 is 6.01 Å². The number of sulfone groups is 1. The van der Waals surface area contributed by atoms with Crippen molar-refractivity contribution in [3.63, 3.8) is 0 Å². The first kappa shape index (κ1) is 19.8. The lowest BCUT2D eigenvalue weighted by Gasteiger charge is -2.01. The molecule has 0 unspecified atom stereocenters. The van der Waals surface area contributed by atoms with Crippen molar-refractivity contribution in [2.24, 2.45) is 0 Å². The number of carbonyl (C=O) groups excluding carboxylic acids is 1. The third-order valence-electron chi connectivity index (χ3n) is 3.70. The van der Waals surface area contributed by atoms with Crippen LogP contribution in [-0.4, -0.2) is 30.3 Å². The Morgan fingerprint density at radius 2 is 1.79 bits per heavy atom. The van der Waals surface area contributed by atoms with Crippen LogP contribution in [0.2, 0.25) is 5.02 Å². The van der Waals surface area contributed by atoms with E-state index in [0.717, 1.165) is 0 Å². The van der Waals surface area contributed by atoms with Gasteiger partial charge in [0.2, 0.25) is 5.89 Å². The van der Waals surface area contributed by atoms with Gasteiger partial charge in [-0.3, -0.25) is 10.1 Å². The van der Waals surface area contributed by atoms with Crippen LogP contribution in [0.25, 0.3) is 6.08 Å². The lowest BCUT2D eigenvalue weighted by atomic mass is 10.2. The molecule has 0 aliphatic carbocycles. The summed E-state index contributed by atoms with van der Waals surface area (Å²) >= 11 is 6.01. The number of carbonyl (C=O) groups is 1. The van der Waals surface area contributed by atoms with E-state index in [1.165, 1.54) is 18.2 Å². The number of hydrogen-bond acceptors (Lipinski definition) is 6. The summed E-state index contributed by atoms with van der Waals surface area (Å²) < 4.78 is 29.8. The van der Waals surface area contributed by atoms with Crippen LogP contribution in [0.5, 0.6) is 0 Å². The van der Waals surface area contributed by atoms with Crippen LogP contribution in [0.3, 0.4) is 0 Å². The van der Waals surface area contributed by atoms with Crippen molar-refractivity contribution in [2.45, 2.75) is 11.3 Å². The van der Waals surface area contributed by atoms with Crippen molar-refractivity contribution < 1.29 is 17.6 Å². The van der Waals surface area contributed by atoms with Gasteiger partial charge in [-0.2, -0.15) is 0 Å². The standard InChI is InChI=1S/C19H16ClN3O4S/c20-16-9-5-4-6-14(16)10-11-17(24)21-19-23-22-18(27-19)12-13-28(25,26)15-7-2-1-3-8-15/h1-11H,12-13H2,(H,21,23,24). The first-order valence-electron chi connectivity index (χ1n) is 8.28. The topological polar surface area (TPSA) is 102 Å². The lowest BCUT2D eigenvalue weighted by molar-refractivity contribution is -0.112. The zero-order chi connectivity index (χ0) is 20.0. The third-order valence-corrected chi connectivity index (χ3v) is 5.78. The van der Waals surface area contributed by atoms with Crippen LogP contribution in [0.15, 0.2) is 70.0 Å². The van der Waals surface area contributed by atoms with Gasteiger partial charge in [0.25, 0.3) is 5.91 Å². The van der Waals surface area contributed by atoms with Gasteiger partial charge in [-0.1, -0.05) is 53.1 Å². The summed E-state index contributed by atoms with van der Waals surface area (Å²) in [7, 11) is -3.45. The molecule has 3 aromatic rings.